The monoisotopic (exact) mass is 425 g/mol. The highest BCUT2D eigenvalue weighted by atomic mass is 32.1. The van der Waals surface area contributed by atoms with Crippen molar-refractivity contribution in [3.05, 3.63) is 57.4 Å². The van der Waals surface area contributed by atoms with Gasteiger partial charge in [0.1, 0.15) is 4.88 Å². The van der Waals surface area contributed by atoms with Crippen LogP contribution in [0.4, 0.5) is 16.8 Å². The highest BCUT2D eigenvalue weighted by Crippen LogP contribution is 2.25. The summed E-state index contributed by atoms with van der Waals surface area (Å²) in [5.41, 5.74) is 4.33. The van der Waals surface area contributed by atoms with E-state index in [0.717, 1.165) is 16.8 Å². The van der Waals surface area contributed by atoms with Crippen LogP contribution >= 0.6 is 11.3 Å². The fraction of sp³-hybridized carbons (Fsp3) is 0.286. The van der Waals surface area contributed by atoms with Gasteiger partial charge < -0.3 is 15.4 Å². The molecule has 0 aliphatic carbocycles. The molecule has 9 heteroatoms. The number of nitrogens with zero attached hydrogens (tertiary/aromatic N) is 3. The molecule has 0 aliphatic heterocycles. The van der Waals surface area contributed by atoms with Crippen molar-refractivity contribution >= 4 is 40.0 Å². The Hall–Kier alpha value is -3.33. The summed E-state index contributed by atoms with van der Waals surface area (Å²) in [7, 11) is 0. The zero-order valence-corrected chi connectivity index (χ0v) is 18.3. The standard InChI is InChI=1S/C21H23N5O3S/c1-6-29-19(28)17-14(5)24-21(30-17)26-20-22-10-15(13(4)23-20)18(27)25-16-8-7-11(2)9-12(16)3/h7-10H,6H2,1-5H3,(H,25,27)(H,22,23,24,26). The van der Waals surface area contributed by atoms with Gasteiger partial charge in [-0.25, -0.2) is 19.7 Å². The number of aromatic nitrogens is 3. The zero-order valence-electron chi connectivity index (χ0n) is 17.5. The van der Waals surface area contributed by atoms with Crippen LogP contribution in [-0.4, -0.2) is 33.4 Å². The molecule has 0 bridgehead atoms. The molecule has 0 fully saturated rings. The molecule has 0 saturated heterocycles. The Morgan fingerprint density at radius 2 is 1.87 bits per heavy atom. The van der Waals surface area contributed by atoms with Crippen molar-refractivity contribution in [2.45, 2.75) is 34.6 Å². The van der Waals surface area contributed by atoms with Crippen molar-refractivity contribution in [3.63, 3.8) is 0 Å². The van der Waals surface area contributed by atoms with E-state index in [1.54, 1.807) is 20.8 Å². The second kappa shape index (κ2) is 9.00. The lowest BCUT2D eigenvalue weighted by Gasteiger charge is -2.11. The van der Waals surface area contributed by atoms with Gasteiger partial charge in [-0.05, 0) is 46.2 Å². The van der Waals surface area contributed by atoms with E-state index in [0.29, 0.717) is 39.5 Å². The largest absolute Gasteiger partial charge is 0.462 e. The first kappa shape index (κ1) is 21.4. The molecule has 2 heterocycles. The van der Waals surface area contributed by atoms with Gasteiger partial charge in [0.25, 0.3) is 5.91 Å². The first-order valence-corrected chi connectivity index (χ1v) is 10.2. The normalized spacial score (nSPS) is 10.6. The van der Waals surface area contributed by atoms with Gasteiger partial charge >= 0.3 is 5.97 Å². The van der Waals surface area contributed by atoms with Crippen molar-refractivity contribution in [1.82, 2.24) is 15.0 Å². The third kappa shape index (κ3) is 4.80. The summed E-state index contributed by atoms with van der Waals surface area (Å²) in [5, 5.41) is 6.35. The topological polar surface area (TPSA) is 106 Å². The first-order valence-electron chi connectivity index (χ1n) is 9.42. The van der Waals surface area contributed by atoms with E-state index in [4.69, 9.17) is 4.74 Å². The first-order chi connectivity index (χ1) is 14.3. The third-order valence-corrected chi connectivity index (χ3v) is 5.38. The number of carbonyl (C=O) groups excluding carboxylic acids is 2. The Morgan fingerprint density at radius 3 is 2.53 bits per heavy atom. The Kier molecular flexibility index (Phi) is 6.41. The lowest BCUT2D eigenvalue weighted by molar-refractivity contribution is 0.0531. The minimum absolute atomic E-state index is 0.277. The number of carbonyl (C=O) groups is 2. The van der Waals surface area contributed by atoms with Crippen LogP contribution in [0.1, 0.15) is 49.5 Å². The van der Waals surface area contributed by atoms with Crippen LogP contribution < -0.4 is 10.6 Å². The molecular formula is C21H23N5O3S. The van der Waals surface area contributed by atoms with Gasteiger partial charge in [0.15, 0.2) is 5.13 Å². The molecule has 0 unspecified atom stereocenters. The summed E-state index contributed by atoms with van der Waals surface area (Å²) in [6, 6.07) is 5.83. The smallest absolute Gasteiger partial charge is 0.350 e. The maximum absolute atomic E-state index is 12.7. The molecule has 0 radical (unpaired) electrons. The number of ether oxygens (including phenoxy) is 1. The van der Waals surface area contributed by atoms with Crippen molar-refractivity contribution in [1.29, 1.82) is 0 Å². The van der Waals surface area contributed by atoms with Gasteiger partial charge in [0, 0.05) is 11.9 Å². The van der Waals surface area contributed by atoms with E-state index in [-0.39, 0.29) is 5.91 Å². The van der Waals surface area contributed by atoms with E-state index < -0.39 is 5.97 Å². The zero-order chi connectivity index (χ0) is 21.8. The Balaban J connectivity index is 1.74. The maximum atomic E-state index is 12.7. The molecule has 8 nitrogen and oxygen atoms in total. The van der Waals surface area contributed by atoms with E-state index in [9.17, 15) is 9.59 Å². The number of amides is 1. The van der Waals surface area contributed by atoms with Crippen molar-refractivity contribution in [2.24, 2.45) is 0 Å². The molecule has 2 aromatic heterocycles. The summed E-state index contributed by atoms with van der Waals surface area (Å²) in [5.74, 6) is -0.392. The van der Waals surface area contributed by atoms with E-state index in [1.807, 2.05) is 32.0 Å². The fourth-order valence-electron chi connectivity index (χ4n) is 2.83. The molecule has 156 valence electrons. The van der Waals surface area contributed by atoms with Gasteiger partial charge in [-0.2, -0.15) is 0 Å². The minimum atomic E-state index is -0.406. The number of hydrogen-bond donors (Lipinski definition) is 2. The van der Waals surface area contributed by atoms with Gasteiger partial charge in [-0.15, -0.1) is 0 Å². The van der Waals surface area contributed by atoms with Gasteiger partial charge in [0.2, 0.25) is 5.95 Å². The molecule has 0 aliphatic rings. The molecule has 0 saturated carbocycles. The molecule has 0 spiro atoms. The van der Waals surface area contributed by atoms with Crippen LogP contribution in [0.15, 0.2) is 24.4 Å². The summed E-state index contributed by atoms with van der Waals surface area (Å²) >= 11 is 1.17. The number of thiazole rings is 1. The highest BCUT2D eigenvalue weighted by molar-refractivity contribution is 7.17. The summed E-state index contributed by atoms with van der Waals surface area (Å²) in [6.45, 7) is 9.47. The number of hydrogen-bond acceptors (Lipinski definition) is 8. The van der Waals surface area contributed by atoms with Crippen LogP contribution in [0.3, 0.4) is 0 Å². The lowest BCUT2D eigenvalue weighted by Crippen LogP contribution is -2.16. The molecule has 2 N–H and O–H groups in total. The van der Waals surface area contributed by atoms with Crippen LogP contribution in [0, 0.1) is 27.7 Å². The van der Waals surface area contributed by atoms with E-state index >= 15 is 0 Å². The van der Waals surface area contributed by atoms with Crippen LogP contribution in [-0.2, 0) is 4.74 Å². The van der Waals surface area contributed by atoms with E-state index in [1.165, 1.54) is 17.5 Å². The van der Waals surface area contributed by atoms with Crippen molar-refractivity contribution in [3.8, 4) is 0 Å². The Labute approximate surface area is 178 Å². The SMILES string of the molecule is CCOC(=O)c1sc(Nc2ncc(C(=O)Nc3ccc(C)cc3C)c(C)n2)nc1C. The summed E-state index contributed by atoms with van der Waals surface area (Å²) in [4.78, 5) is 37.9. The number of benzene rings is 1. The minimum Gasteiger partial charge on any atom is -0.462 e. The molecule has 3 aromatic rings. The average molecular weight is 426 g/mol. The summed E-state index contributed by atoms with van der Waals surface area (Å²) in [6.07, 6.45) is 1.47. The van der Waals surface area contributed by atoms with Crippen LogP contribution in [0.25, 0.3) is 0 Å². The number of nitrogens with one attached hydrogen (secondary N) is 2. The highest BCUT2D eigenvalue weighted by Gasteiger charge is 2.18. The molecule has 0 atom stereocenters. The number of esters is 1. The fourth-order valence-corrected chi connectivity index (χ4v) is 3.68. The maximum Gasteiger partial charge on any atom is 0.350 e. The number of rotatable bonds is 6. The summed E-state index contributed by atoms with van der Waals surface area (Å²) < 4.78 is 5.03. The predicted molar refractivity (Wildman–Crippen MR) is 117 cm³/mol. The molecule has 1 amide bonds. The molecular weight excluding hydrogens is 402 g/mol. The second-order valence-corrected chi connectivity index (χ2v) is 7.74. The van der Waals surface area contributed by atoms with Gasteiger partial charge in [-0.3, -0.25) is 4.79 Å². The second-order valence-electron chi connectivity index (χ2n) is 6.74. The average Bonchev–Trinajstić information content (AvgIpc) is 3.04. The van der Waals surface area contributed by atoms with Gasteiger partial charge in [0.05, 0.1) is 23.6 Å². The van der Waals surface area contributed by atoms with Crippen LogP contribution in [0.5, 0.6) is 0 Å². The van der Waals surface area contributed by atoms with E-state index in [2.05, 4.69) is 25.6 Å². The van der Waals surface area contributed by atoms with Crippen molar-refractivity contribution in [2.75, 3.05) is 17.2 Å². The Bertz CT molecular complexity index is 1110. The van der Waals surface area contributed by atoms with Crippen molar-refractivity contribution < 1.29 is 14.3 Å². The number of aryl methyl sites for hydroxylation is 4. The lowest BCUT2D eigenvalue weighted by atomic mass is 10.1. The third-order valence-electron chi connectivity index (χ3n) is 4.33. The van der Waals surface area contributed by atoms with Crippen LogP contribution in [0.2, 0.25) is 0 Å². The predicted octanol–water partition coefficient (Wildman–Crippen LogP) is 4.34. The molecule has 3 rings (SSSR count). The molecule has 30 heavy (non-hydrogen) atoms. The Morgan fingerprint density at radius 1 is 1.10 bits per heavy atom. The number of anilines is 3. The van der Waals surface area contributed by atoms with Gasteiger partial charge in [-0.1, -0.05) is 29.0 Å². The molecule has 1 aromatic carbocycles. The quantitative estimate of drug-likeness (QED) is 0.566.